The summed E-state index contributed by atoms with van der Waals surface area (Å²) < 4.78 is 59.9. The maximum Gasteiger partial charge on any atom is 1.00 e. The molecule has 0 spiro atoms. The van der Waals surface area contributed by atoms with Crippen molar-refractivity contribution < 1.29 is 109 Å². The Bertz CT molecular complexity index is 648. The molecule has 0 radical (unpaired) electrons. The minimum absolute atomic E-state index is 0. The molecule has 0 atom stereocenters. The van der Waals surface area contributed by atoms with Gasteiger partial charge in [0.25, 0.3) is 20.2 Å². The van der Waals surface area contributed by atoms with Gasteiger partial charge in [0.2, 0.25) is 0 Å². The molecule has 0 fully saturated rings. The van der Waals surface area contributed by atoms with Gasteiger partial charge < -0.3 is 24.0 Å². The fourth-order valence-electron chi connectivity index (χ4n) is 0.914. The smallest absolute Gasteiger partial charge is 1.00 e. The van der Waals surface area contributed by atoms with Crippen LogP contribution in [0.4, 0.5) is 0 Å². The molecule has 0 unspecified atom stereocenters. The van der Waals surface area contributed by atoms with Crippen LogP contribution in [0.5, 0.6) is 11.5 Å². The van der Waals surface area contributed by atoms with Crippen molar-refractivity contribution in [1.82, 2.24) is 0 Å². The molecule has 14 heteroatoms. The molecular formula is C6H12Na2O10S2. The molecule has 0 saturated carbocycles. The van der Waals surface area contributed by atoms with Crippen molar-refractivity contribution in [3.05, 3.63) is 12.1 Å². The maximum absolute atomic E-state index is 10.7. The van der Waals surface area contributed by atoms with Crippen molar-refractivity contribution in [2.45, 2.75) is 9.79 Å². The molecule has 10 nitrogen and oxygen atoms in total. The summed E-state index contributed by atoms with van der Waals surface area (Å²) in [5, 5.41) is 18.1. The first-order valence-electron chi connectivity index (χ1n) is 3.54. The van der Waals surface area contributed by atoms with Gasteiger partial charge in [-0.15, -0.1) is 0 Å². The fourth-order valence-corrected chi connectivity index (χ4v) is 2.14. The quantitative estimate of drug-likeness (QED) is 0.227. The van der Waals surface area contributed by atoms with Gasteiger partial charge in [-0.05, 0) is 6.07 Å². The average molecular weight is 354 g/mol. The van der Waals surface area contributed by atoms with Crippen LogP contribution in [0.2, 0.25) is 0 Å². The molecule has 1 rings (SSSR count). The van der Waals surface area contributed by atoms with Crippen molar-refractivity contribution in [3.63, 3.8) is 0 Å². The molecule has 0 heterocycles. The second kappa shape index (κ2) is 9.55. The SMILES string of the molecule is O.O.O=S(=O)(O)c1cc(O)c(O)c(S(=O)(=O)O)c1.[H-].[H-].[Na+].[Na+]. The van der Waals surface area contributed by atoms with Crippen molar-refractivity contribution in [1.29, 1.82) is 0 Å². The molecule has 0 aliphatic carbocycles. The zero-order chi connectivity index (χ0) is 12.7. The molecule has 20 heavy (non-hydrogen) atoms. The Morgan fingerprint density at radius 2 is 1.25 bits per heavy atom. The van der Waals surface area contributed by atoms with Gasteiger partial charge >= 0.3 is 59.1 Å². The standard InChI is InChI=1S/C6H6O8S2.2Na.2H2O.2H/c7-4-1-3(15(9,10)11)2-5(6(4)8)16(12,13)14;;;;;;/h1-2,7-8H,(H,9,10,11)(H,12,13,14);;;2*1H2;;/q;2*+1;;;2*-1. The van der Waals surface area contributed by atoms with Crippen LogP contribution in [-0.4, -0.2) is 47.1 Å². The first-order valence-corrected chi connectivity index (χ1v) is 6.42. The number of hydrogen-bond acceptors (Lipinski definition) is 6. The molecule has 0 aliphatic rings. The third-order valence-electron chi connectivity index (χ3n) is 1.60. The summed E-state index contributed by atoms with van der Waals surface area (Å²) in [7, 11) is -9.70. The van der Waals surface area contributed by atoms with Crippen molar-refractivity contribution in [3.8, 4) is 11.5 Å². The molecule has 1 aromatic rings. The van der Waals surface area contributed by atoms with Crippen LogP contribution in [0.3, 0.4) is 0 Å². The molecule has 0 amide bonds. The Balaban J connectivity index is -0.000000107. The Morgan fingerprint density at radius 3 is 1.55 bits per heavy atom. The van der Waals surface area contributed by atoms with Crippen LogP contribution < -0.4 is 59.1 Å². The van der Waals surface area contributed by atoms with E-state index in [1.54, 1.807) is 0 Å². The number of rotatable bonds is 2. The van der Waals surface area contributed by atoms with Gasteiger partial charge in [0, 0.05) is 6.07 Å². The summed E-state index contributed by atoms with van der Waals surface area (Å²) in [6, 6.07) is 0.735. The molecule has 110 valence electrons. The predicted molar refractivity (Wildman–Crippen MR) is 58.9 cm³/mol. The molecule has 0 saturated heterocycles. The number of hydrogen-bond donors (Lipinski definition) is 4. The summed E-state index contributed by atoms with van der Waals surface area (Å²) >= 11 is 0. The fraction of sp³-hybridized carbons (Fsp3) is 0. The zero-order valence-corrected chi connectivity index (χ0v) is 16.0. The summed E-state index contributed by atoms with van der Waals surface area (Å²) in [4.78, 5) is -2.20. The van der Waals surface area contributed by atoms with Crippen LogP contribution >= 0.6 is 0 Å². The van der Waals surface area contributed by atoms with Crippen LogP contribution in [0.15, 0.2) is 21.9 Å². The van der Waals surface area contributed by atoms with Crippen molar-refractivity contribution >= 4 is 20.2 Å². The van der Waals surface area contributed by atoms with Crippen molar-refractivity contribution in [2.75, 3.05) is 0 Å². The van der Waals surface area contributed by atoms with Crippen LogP contribution in [0.25, 0.3) is 0 Å². The second-order valence-corrected chi connectivity index (χ2v) is 5.55. The third kappa shape index (κ3) is 7.02. The Labute approximate surface area is 161 Å². The van der Waals surface area contributed by atoms with E-state index < -0.39 is 41.5 Å². The van der Waals surface area contributed by atoms with Crippen LogP contribution in [0.1, 0.15) is 2.85 Å². The van der Waals surface area contributed by atoms with Crippen LogP contribution in [0, 0.1) is 0 Å². The first-order chi connectivity index (χ1) is 7.03. The van der Waals surface area contributed by atoms with E-state index in [2.05, 4.69) is 0 Å². The molecule has 1 aromatic carbocycles. The topological polar surface area (TPSA) is 212 Å². The maximum atomic E-state index is 10.7. The van der Waals surface area contributed by atoms with E-state index in [1.807, 2.05) is 0 Å². The summed E-state index contributed by atoms with van der Waals surface area (Å²) in [6.07, 6.45) is 0. The zero-order valence-electron chi connectivity index (χ0n) is 12.4. The normalized spacial score (nSPS) is 10.1. The van der Waals surface area contributed by atoms with E-state index >= 15 is 0 Å². The monoisotopic (exact) mass is 354 g/mol. The van der Waals surface area contributed by atoms with Gasteiger partial charge in [-0.25, -0.2) is 0 Å². The van der Waals surface area contributed by atoms with Gasteiger partial charge in [0.15, 0.2) is 11.5 Å². The molecule has 0 bridgehead atoms. The van der Waals surface area contributed by atoms with E-state index in [0.29, 0.717) is 12.1 Å². The van der Waals surface area contributed by atoms with Gasteiger partial charge in [0.1, 0.15) is 4.90 Å². The van der Waals surface area contributed by atoms with Gasteiger partial charge in [-0.2, -0.15) is 16.8 Å². The molecule has 0 aliphatic heterocycles. The Morgan fingerprint density at radius 1 is 0.850 bits per heavy atom. The number of phenolic OH excluding ortho intramolecular Hbond substituents is 2. The molecule has 0 aromatic heterocycles. The summed E-state index contributed by atoms with van der Waals surface area (Å²) in [5.74, 6) is -2.32. The summed E-state index contributed by atoms with van der Waals surface area (Å²) in [5.41, 5.74) is 0. The van der Waals surface area contributed by atoms with Crippen molar-refractivity contribution in [2.24, 2.45) is 0 Å². The minimum Gasteiger partial charge on any atom is -1.00 e. The number of benzene rings is 1. The minimum atomic E-state index is -4.92. The van der Waals surface area contributed by atoms with E-state index in [-0.39, 0.29) is 72.9 Å². The van der Waals surface area contributed by atoms with Gasteiger partial charge in [-0.1, -0.05) is 0 Å². The third-order valence-corrected chi connectivity index (χ3v) is 3.30. The number of aromatic hydroxyl groups is 2. The van der Waals surface area contributed by atoms with E-state index in [1.165, 1.54) is 0 Å². The largest absolute Gasteiger partial charge is 1.00 e. The first kappa shape index (κ1) is 28.7. The average Bonchev–Trinajstić information content (AvgIpc) is 2.05. The molecule has 8 N–H and O–H groups in total. The Hall–Kier alpha value is 0.560. The van der Waals surface area contributed by atoms with Crippen LogP contribution in [-0.2, 0) is 20.2 Å². The predicted octanol–water partition coefficient (Wildman–Crippen LogP) is -7.83. The Kier molecular flexibility index (Phi) is 13.7. The van der Waals surface area contributed by atoms with E-state index in [4.69, 9.17) is 19.3 Å². The molecular weight excluding hydrogens is 342 g/mol. The summed E-state index contributed by atoms with van der Waals surface area (Å²) in [6.45, 7) is 0. The number of phenols is 2. The van der Waals surface area contributed by atoms with E-state index in [0.717, 1.165) is 0 Å². The van der Waals surface area contributed by atoms with E-state index in [9.17, 15) is 16.8 Å². The van der Waals surface area contributed by atoms with Gasteiger partial charge in [-0.3, -0.25) is 9.11 Å². The second-order valence-electron chi connectivity index (χ2n) is 2.74. The van der Waals surface area contributed by atoms with Gasteiger partial charge in [0.05, 0.1) is 4.90 Å².